The molecule has 152 valence electrons. The molecule has 0 aromatic carbocycles. The Bertz CT molecular complexity index is 1340. The van der Waals surface area contributed by atoms with E-state index in [0.717, 1.165) is 10.6 Å². The summed E-state index contributed by atoms with van der Waals surface area (Å²) >= 11 is 5.79. The molecule has 0 radical (unpaired) electrons. The lowest BCUT2D eigenvalue weighted by Gasteiger charge is -2.16. The molecule has 1 saturated carbocycles. The number of terminal acetylenes is 1. The van der Waals surface area contributed by atoms with Crippen molar-refractivity contribution in [1.29, 1.82) is 0 Å². The summed E-state index contributed by atoms with van der Waals surface area (Å²) in [6.45, 7) is 1.42. The number of nitrogens with zero attached hydrogens (tertiary/aromatic N) is 4. The van der Waals surface area contributed by atoms with Crippen LogP contribution in [0.1, 0.15) is 24.1 Å². The first-order valence-corrected chi connectivity index (χ1v) is 9.42. The Labute approximate surface area is 174 Å². The zero-order chi connectivity index (χ0) is 21.6. The fourth-order valence-electron chi connectivity index (χ4n) is 3.30. The Balaban J connectivity index is 2.03. The van der Waals surface area contributed by atoms with Crippen LogP contribution < -0.4 is 11.2 Å². The molecule has 6 nitrogen and oxygen atoms in total. The molecule has 0 spiro atoms. The highest BCUT2D eigenvalue weighted by Gasteiger charge is 2.45. The molecule has 30 heavy (non-hydrogen) atoms. The highest BCUT2D eigenvalue weighted by molar-refractivity contribution is 6.29. The molecular formula is C21H15ClF2N4O2. The quantitative estimate of drug-likeness (QED) is 0.473. The molecule has 3 heterocycles. The first-order chi connectivity index (χ1) is 14.3. The van der Waals surface area contributed by atoms with Crippen molar-refractivity contribution >= 4 is 11.6 Å². The normalized spacial score (nSPS) is 14.4. The second-order valence-corrected chi connectivity index (χ2v) is 7.40. The first-order valence-electron chi connectivity index (χ1n) is 9.04. The molecule has 1 aliphatic rings. The monoisotopic (exact) mass is 428 g/mol. The van der Waals surface area contributed by atoms with Crippen LogP contribution in [0.5, 0.6) is 0 Å². The van der Waals surface area contributed by atoms with Crippen LogP contribution in [0.4, 0.5) is 8.78 Å². The van der Waals surface area contributed by atoms with Gasteiger partial charge in [0, 0.05) is 17.5 Å². The van der Waals surface area contributed by atoms with Crippen molar-refractivity contribution in [2.24, 2.45) is 0 Å². The zero-order valence-electron chi connectivity index (χ0n) is 15.8. The molecule has 9 heteroatoms. The van der Waals surface area contributed by atoms with E-state index in [1.807, 2.05) is 0 Å². The number of alkyl halides is 1. The van der Waals surface area contributed by atoms with E-state index in [9.17, 15) is 18.4 Å². The largest absolute Gasteiger partial charge is 0.336 e. The number of hydrogen-bond acceptors (Lipinski definition) is 4. The fraction of sp³-hybridized carbons (Fsp3) is 0.238. The standard InChI is InChI=1S/C21H15ClF2N4O2/c1-3-8-27-12(2)17(16-5-4-15(23)18(22)26-16)19(29)28(20(27)30)14-9-13(10-25-11-14)21(24)6-7-21/h1,4-5,9-11H,6-8H2,2H3. The second-order valence-electron chi connectivity index (χ2n) is 7.04. The van der Waals surface area contributed by atoms with E-state index >= 15 is 0 Å². The van der Waals surface area contributed by atoms with Gasteiger partial charge in [0.05, 0.1) is 29.7 Å². The summed E-state index contributed by atoms with van der Waals surface area (Å²) in [5, 5.41) is -0.413. The van der Waals surface area contributed by atoms with Crippen molar-refractivity contribution in [3.05, 3.63) is 73.7 Å². The maximum Gasteiger partial charge on any atom is 0.336 e. The van der Waals surface area contributed by atoms with Crippen LogP contribution in [0.2, 0.25) is 5.15 Å². The second kappa shape index (κ2) is 7.18. The van der Waals surface area contributed by atoms with Gasteiger partial charge in [0.15, 0.2) is 11.0 Å². The molecule has 0 saturated heterocycles. The molecule has 3 aromatic heterocycles. The summed E-state index contributed by atoms with van der Waals surface area (Å²) in [6, 6.07) is 3.79. The van der Waals surface area contributed by atoms with Crippen LogP contribution in [0.15, 0.2) is 40.2 Å². The Kier molecular flexibility index (Phi) is 4.79. The first kappa shape index (κ1) is 20.0. The Morgan fingerprint density at radius 3 is 2.67 bits per heavy atom. The number of aromatic nitrogens is 4. The molecule has 4 rings (SSSR count). The maximum atomic E-state index is 14.5. The molecule has 0 atom stereocenters. The Morgan fingerprint density at radius 2 is 2.03 bits per heavy atom. The van der Waals surface area contributed by atoms with Gasteiger partial charge >= 0.3 is 5.69 Å². The van der Waals surface area contributed by atoms with Crippen molar-refractivity contribution < 1.29 is 8.78 Å². The fourth-order valence-corrected chi connectivity index (χ4v) is 3.46. The van der Waals surface area contributed by atoms with E-state index in [2.05, 4.69) is 15.9 Å². The topological polar surface area (TPSA) is 69.8 Å². The smallest absolute Gasteiger partial charge is 0.285 e. The lowest BCUT2D eigenvalue weighted by atomic mass is 10.1. The van der Waals surface area contributed by atoms with E-state index in [-0.39, 0.29) is 29.2 Å². The van der Waals surface area contributed by atoms with Gasteiger partial charge in [-0.25, -0.2) is 23.1 Å². The van der Waals surface area contributed by atoms with E-state index in [0.29, 0.717) is 18.4 Å². The van der Waals surface area contributed by atoms with Crippen LogP contribution >= 0.6 is 11.6 Å². The molecule has 0 unspecified atom stereocenters. The molecule has 0 aliphatic heterocycles. The number of hydrogen-bond donors (Lipinski definition) is 0. The lowest BCUT2D eigenvalue weighted by Crippen LogP contribution is -2.41. The summed E-state index contributed by atoms with van der Waals surface area (Å²) < 4.78 is 30.2. The maximum absolute atomic E-state index is 14.5. The van der Waals surface area contributed by atoms with Crippen LogP contribution in [0.3, 0.4) is 0 Å². The van der Waals surface area contributed by atoms with Crippen molar-refractivity contribution in [3.8, 4) is 29.3 Å². The predicted molar refractivity (Wildman–Crippen MR) is 108 cm³/mol. The summed E-state index contributed by atoms with van der Waals surface area (Å²) in [4.78, 5) is 34.4. The summed E-state index contributed by atoms with van der Waals surface area (Å²) in [5.41, 5.74) is -2.16. The minimum Gasteiger partial charge on any atom is -0.285 e. The highest BCUT2D eigenvalue weighted by atomic mass is 35.5. The third kappa shape index (κ3) is 3.21. The van der Waals surface area contributed by atoms with Crippen LogP contribution in [-0.4, -0.2) is 19.1 Å². The van der Waals surface area contributed by atoms with E-state index in [1.165, 1.54) is 36.0 Å². The molecule has 3 aromatic rings. The molecule has 1 aliphatic carbocycles. The van der Waals surface area contributed by atoms with Gasteiger partial charge < -0.3 is 0 Å². The van der Waals surface area contributed by atoms with Crippen molar-refractivity contribution in [2.75, 3.05) is 0 Å². The molecule has 0 bridgehead atoms. The number of halogens is 3. The van der Waals surface area contributed by atoms with Gasteiger partial charge in [-0.15, -0.1) is 6.42 Å². The van der Waals surface area contributed by atoms with Crippen molar-refractivity contribution in [3.63, 3.8) is 0 Å². The predicted octanol–water partition coefficient (Wildman–Crippen LogP) is 3.15. The van der Waals surface area contributed by atoms with Gasteiger partial charge in [-0.05, 0) is 38.0 Å². The highest BCUT2D eigenvalue weighted by Crippen LogP contribution is 2.49. The van der Waals surface area contributed by atoms with Crippen LogP contribution in [0.25, 0.3) is 16.9 Å². The van der Waals surface area contributed by atoms with Gasteiger partial charge in [0.1, 0.15) is 5.67 Å². The average molecular weight is 429 g/mol. The van der Waals surface area contributed by atoms with Gasteiger partial charge in [0.2, 0.25) is 0 Å². The van der Waals surface area contributed by atoms with Crippen LogP contribution in [-0.2, 0) is 12.2 Å². The average Bonchev–Trinajstić information content (AvgIpc) is 3.47. The zero-order valence-corrected chi connectivity index (χ0v) is 16.6. The van der Waals surface area contributed by atoms with E-state index in [1.54, 1.807) is 0 Å². The number of pyridine rings is 2. The van der Waals surface area contributed by atoms with Crippen molar-refractivity contribution in [2.45, 2.75) is 32.0 Å². The van der Waals surface area contributed by atoms with Gasteiger partial charge in [0.25, 0.3) is 5.56 Å². The van der Waals surface area contributed by atoms with Gasteiger partial charge in [-0.2, -0.15) is 0 Å². The summed E-state index contributed by atoms with van der Waals surface area (Å²) in [7, 11) is 0. The SMILES string of the molecule is C#CCn1c(C)c(-c2ccc(F)c(Cl)n2)c(=O)n(-c2cncc(C3(F)CC3)c2)c1=O. The van der Waals surface area contributed by atoms with Gasteiger partial charge in [-0.1, -0.05) is 17.5 Å². The van der Waals surface area contributed by atoms with E-state index < -0.39 is 27.9 Å². The van der Waals surface area contributed by atoms with Crippen LogP contribution in [0, 0.1) is 25.1 Å². The lowest BCUT2D eigenvalue weighted by molar-refractivity contribution is 0.316. The van der Waals surface area contributed by atoms with Gasteiger partial charge in [-0.3, -0.25) is 14.3 Å². The minimum atomic E-state index is -1.50. The third-order valence-corrected chi connectivity index (χ3v) is 5.37. The summed E-state index contributed by atoms with van der Waals surface area (Å²) in [5.74, 6) is 1.63. The number of rotatable bonds is 4. The minimum absolute atomic E-state index is 0.0264. The Morgan fingerprint density at radius 1 is 1.30 bits per heavy atom. The van der Waals surface area contributed by atoms with Crippen molar-refractivity contribution in [1.82, 2.24) is 19.1 Å². The third-order valence-electron chi connectivity index (χ3n) is 5.10. The Hall–Kier alpha value is -3.31. The molecule has 0 N–H and O–H groups in total. The molecule has 1 fully saturated rings. The molecular weight excluding hydrogens is 414 g/mol. The summed E-state index contributed by atoms with van der Waals surface area (Å²) in [6.07, 6.45) is 8.77. The molecule has 0 amide bonds. The van der Waals surface area contributed by atoms with E-state index in [4.69, 9.17) is 18.0 Å².